The Bertz CT molecular complexity index is 131. The molecular weight excluding hydrogens is 148 g/mol. The van der Waals surface area contributed by atoms with Crippen LogP contribution < -0.4 is 0 Å². The Morgan fingerprint density at radius 2 is 1.40 bits per heavy atom. The molecule has 7 nitrogen and oxygen atoms in total. The molecule has 7 heteroatoms. The van der Waals surface area contributed by atoms with Gasteiger partial charge in [-0.15, -0.1) is 0 Å². The van der Waals surface area contributed by atoms with Crippen molar-refractivity contribution in [1.82, 2.24) is 0 Å². The summed E-state index contributed by atoms with van der Waals surface area (Å²) in [5, 5.41) is 0. The zero-order valence-corrected chi connectivity index (χ0v) is 4.51. The quantitative estimate of drug-likeness (QED) is 0.301. The third-order valence-corrected chi connectivity index (χ3v) is 0.734. The van der Waals surface area contributed by atoms with Crippen LogP contribution in [-0.2, 0) is 29.0 Å². The van der Waals surface area contributed by atoms with Gasteiger partial charge in [-0.2, -0.15) is 19.6 Å². The third-order valence-electron chi connectivity index (χ3n) is 0.734. The average molecular weight is 150 g/mol. The van der Waals surface area contributed by atoms with Gasteiger partial charge in [0.05, 0.1) is 0 Å². The normalized spacial score (nSPS) is 24.0. The molecule has 0 radical (unpaired) electrons. The van der Waals surface area contributed by atoms with Gasteiger partial charge in [-0.3, -0.25) is 0 Å². The molecular formula is C3H2O7. The average Bonchev–Trinajstić information content (AvgIpc) is 2.59. The van der Waals surface area contributed by atoms with Crippen LogP contribution in [0.15, 0.2) is 0 Å². The van der Waals surface area contributed by atoms with Crippen molar-refractivity contribution < 1.29 is 33.8 Å². The summed E-state index contributed by atoms with van der Waals surface area (Å²) >= 11 is 0. The molecule has 0 unspecified atom stereocenters. The molecule has 0 atom stereocenters. The van der Waals surface area contributed by atoms with E-state index in [2.05, 4.69) is 29.0 Å². The lowest BCUT2D eigenvalue weighted by Gasteiger charge is -1.93. The van der Waals surface area contributed by atoms with Crippen LogP contribution in [0.3, 0.4) is 0 Å². The maximum absolute atomic E-state index is 10.4. The standard InChI is InChI=1S/C3H2O7/c4-1(5-2-7-8-2)6-3-9-10-3/h2-3H. The molecule has 0 N–H and O–H groups in total. The first-order valence-electron chi connectivity index (χ1n) is 2.36. The van der Waals surface area contributed by atoms with E-state index in [0.717, 1.165) is 0 Å². The molecule has 2 fully saturated rings. The van der Waals surface area contributed by atoms with Crippen LogP contribution in [0, 0.1) is 0 Å². The van der Waals surface area contributed by atoms with Gasteiger partial charge in [0, 0.05) is 0 Å². The Hall–Kier alpha value is -0.890. The second-order valence-corrected chi connectivity index (χ2v) is 1.45. The van der Waals surface area contributed by atoms with E-state index in [0.29, 0.717) is 0 Å². The van der Waals surface area contributed by atoms with Gasteiger partial charge in [-0.1, -0.05) is 0 Å². The van der Waals surface area contributed by atoms with E-state index in [1.807, 2.05) is 0 Å². The molecule has 56 valence electrons. The van der Waals surface area contributed by atoms with Crippen LogP contribution in [0.5, 0.6) is 0 Å². The van der Waals surface area contributed by atoms with E-state index in [4.69, 9.17) is 0 Å². The molecule has 0 aromatic carbocycles. The molecule has 0 aromatic rings. The Morgan fingerprint density at radius 1 is 1.00 bits per heavy atom. The van der Waals surface area contributed by atoms with Gasteiger partial charge in [-0.05, 0) is 0 Å². The predicted octanol–water partition coefficient (Wildman–Crippen LogP) is -0.370. The molecule has 10 heavy (non-hydrogen) atoms. The maximum Gasteiger partial charge on any atom is 0.516 e. The van der Waals surface area contributed by atoms with Gasteiger partial charge < -0.3 is 9.47 Å². The van der Waals surface area contributed by atoms with E-state index >= 15 is 0 Å². The van der Waals surface area contributed by atoms with E-state index in [-0.39, 0.29) is 0 Å². The van der Waals surface area contributed by atoms with E-state index in [1.165, 1.54) is 0 Å². The fourth-order valence-corrected chi connectivity index (χ4v) is 0.309. The molecule has 2 saturated heterocycles. The van der Waals surface area contributed by atoms with Crippen molar-refractivity contribution in [2.45, 2.75) is 13.0 Å². The molecule has 0 bridgehead atoms. The third kappa shape index (κ3) is 1.54. The van der Waals surface area contributed by atoms with Gasteiger partial charge >= 0.3 is 19.1 Å². The van der Waals surface area contributed by atoms with E-state index in [1.54, 1.807) is 0 Å². The summed E-state index contributed by atoms with van der Waals surface area (Å²) in [6, 6.07) is 0. The summed E-state index contributed by atoms with van der Waals surface area (Å²) < 4.78 is 8.49. The number of ether oxygens (including phenoxy) is 2. The van der Waals surface area contributed by atoms with Gasteiger partial charge in [-0.25, -0.2) is 4.79 Å². The van der Waals surface area contributed by atoms with E-state index in [9.17, 15) is 4.79 Å². The number of carbonyl (C=O) groups is 1. The molecule has 0 spiro atoms. The van der Waals surface area contributed by atoms with Crippen molar-refractivity contribution >= 4 is 6.16 Å². The van der Waals surface area contributed by atoms with Crippen molar-refractivity contribution in [3.63, 3.8) is 0 Å². The second kappa shape index (κ2) is 2.06. The topological polar surface area (TPSA) is 85.7 Å². The van der Waals surface area contributed by atoms with Crippen LogP contribution in [0.2, 0.25) is 0 Å². The molecule has 0 amide bonds. The number of hydrogen-bond donors (Lipinski definition) is 0. The van der Waals surface area contributed by atoms with Crippen molar-refractivity contribution in [3.05, 3.63) is 0 Å². The van der Waals surface area contributed by atoms with Crippen molar-refractivity contribution in [2.75, 3.05) is 0 Å². The molecule has 2 aliphatic heterocycles. The monoisotopic (exact) mass is 150 g/mol. The first kappa shape index (κ1) is 5.86. The molecule has 0 aromatic heterocycles. The fourth-order valence-electron chi connectivity index (χ4n) is 0.309. The summed E-state index contributed by atoms with van der Waals surface area (Å²) in [4.78, 5) is 26.7. The van der Waals surface area contributed by atoms with Gasteiger partial charge in [0.15, 0.2) is 0 Å². The van der Waals surface area contributed by atoms with Crippen molar-refractivity contribution in [2.24, 2.45) is 0 Å². The van der Waals surface area contributed by atoms with Crippen LogP contribution >= 0.6 is 0 Å². The molecule has 2 heterocycles. The molecule has 2 aliphatic rings. The largest absolute Gasteiger partial charge is 0.516 e. The Morgan fingerprint density at radius 3 is 1.70 bits per heavy atom. The number of hydrogen-bond acceptors (Lipinski definition) is 7. The molecule has 2 rings (SSSR count). The minimum absolute atomic E-state index is 0.939. The van der Waals surface area contributed by atoms with Crippen molar-refractivity contribution in [3.8, 4) is 0 Å². The number of carbonyl (C=O) groups excluding carboxylic acids is 1. The fraction of sp³-hybridized carbons (Fsp3) is 0.667. The zero-order chi connectivity index (χ0) is 6.97. The summed E-state index contributed by atoms with van der Waals surface area (Å²) in [7, 11) is 0. The first-order chi connectivity index (χ1) is 4.84. The zero-order valence-electron chi connectivity index (χ0n) is 4.51. The highest BCUT2D eigenvalue weighted by Gasteiger charge is 2.36. The maximum atomic E-state index is 10.4. The molecule has 0 saturated carbocycles. The smallest absolute Gasteiger partial charge is 0.374 e. The highest BCUT2D eigenvalue weighted by molar-refractivity contribution is 5.60. The summed E-state index contributed by atoms with van der Waals surface area (Å²) in [5.74, 6) is 0. The summed E-state index contributed by atoms with van der Waals surface area (Å²) in [6.07, 6.45) is -0.968. The summed E-state index contributed by atoms with van der Waals surface area (Å²) in [6.45, 7) is -1.88. The van der Waals surface area contributed by atoms with E-state index < -0.39 is 19.1 Å². The lowest BCUT2D eigenvalue weighted by atomic mass is 11.2. The second-order valence-electron chi connectivity index (χ2n) is 1.45. The van der Waals surface area contributed by atoms with Crippen LogP contribution in [0.1, 0.15) is 0 Å². The Kier molecular flexibility index (Phi) is 1.21. The van der Waals surface area contributed by atoms with Gasteiger partial charge in [0.25, 0.3) is 0 Å². The minimum atomic E-state index is -0.968. The highest BCUT2D eigenvalue weighted by Crippen LogP contribution is 2.18. The van der Waals surface area contributed by atoms with Crippen LogP contribution in [0.25, 0.3) is 0 Å². The summed E-state index contributed by atoms with van der Waals surface area (Å²) in [5.41, 5.74) is 0. The Labute approximate surface area is 54.2 Å². The molecule has 0 aliphatic carbocycles. The van der Waals surface area contributed by atoms with Crippen molar-refractivity contribution in [1.29, 1.82) is 0 Å². The van der Waals surface area contributed by atoms with Gasteiger partial charge in [0.1, 0.15) is 0 Å². The minimum Gasteiger partial charge on any atom is -0.374 e. The lowest BCUT2D eigenvalue weighted by Crippen LogP contribution is -2.10. The van der Waals surface area contributed by atoms with Crippen LogP contribution in [-0.4, -0.2) is 19.1 Å². The van der Waals surface area contributed by atoms with Gasteiger partial charge in [0.2, 0.25) is 0 Å². The number of rotatable bonds is 2. The lowest BCUT2D eigenvalue weighted by molar-refractivity contribution is -0.00623. The predicted molar refractivity (Wildman–Crippen MR) is 19.5 cm³/mol. The van der Waals surface area contributed by atoms with Crippen LogP contribution in [0.4, 0.5) is 4.79 Å². The SMILES string of the molecule is O=C(OC1OO1)OC1OO1. The first-order valence-corrected chi connectivity index (χ1v) is 2.36. The Balaban J connectivity index is 1.64. The highest BCUT2D eigenvalue weighted by atomic mass is 17.4.